The maximum Gasteiger partial charge on any atom is 0.278 e. The van der Waals surface area contributed by atoms with Gasteiger partial charge in [-0.05, 0) is 6.07 Å². The molecule has 1 aromatic heterocycles. The molecule has 0 saturated carbocycles. The molecule has 1 aromatic carbocycles. The van der Waals surface area contributed by atoms with E-state index in [2.05, 4.69) is 10.2 Å². The smallest absolute Gasteiger partial charge is 0.278 e. The van der Waals surface area contributed by atoms with E-state index in [9.17, 15) is 9.90 Å². The average Bonchev–Trinajstić information content (AvgIpc) is 2.61. The lowest BCUT2D eigenvalue weighted by Gasteiger charge is -1.94. The number of azo groups is 1. The lowest BCUT2D eigenvalue weighted by molar-refractivity contribution is -0.117. The number of carbonyl (C=O) groups excluding carboxylic acids is 1. The Morgan fingerprint density at radius 2 is 2.22 bits per heavy atom. The third-order valence-electron chi connectivity index (χ3n) is 2.54. The molecule has 18 heavy (non-hydrogen) atoms. The van der Waals surface area contributed by atoms with Crippen LogP contribution in [0.2, 0.25) is 0 Å². The average molecular weight is 242 g/mol. The number of nitrogens with zero attached hydrogens (tertiary/aromatic N) is 4. The van der Waals surface area contributed by atoms with Crippen LogP contribution in [0.5, 0.6) is 5.88 Å². The van der Waals surface area contributed by atoms with E-state index >= 15 is 0 Å². The van der Waals surface area contributed by atoms with Crippen molar-refractivity contribution in [1.29, 1.82) is 5.26 Å². The monoisotopic (exact) mass is 242 g/mol. The number of benzene rings is 1. The van der Waals surface area contributed by atoms with E-state index in [1.807, 2.05) is 12.1 Å². The number of amides is 1. The molecule has 0 aliphatic heterocycles. The summed E-state index contributed by atoms with van der Waals surface area (Å²) in [7, 11) is 1.69. The van der Waals surface area contributed by atoms with Crippen molar-refractivity contribution in [2.45, 2.75) is 6.42 Å². The van der Waals surface area contributed by atoms with Gasteiger partial charge in [0.1, 0.15) is 6.42 Å². The lowest BCUT2D eigenvalue weighted by atomic mass is 10.2. The molecule has 2 rings (SSSR count). The summed E-state index contributed by atoms with van der Waals surface area (Å²) in [5, 5.41) is 26.1. The second-order valence-corrected chi connectivity index (χ2v) is 3.68. The zero-order valence-electron chi connectivity index (χ0n) is 9.66. The van der Waals surface area contributed by atoms with Crippen molar-refractivity contribution in [1.82, 2.24) is 4.57 Å². The summed E-state index contributed by atoms with van der Waals surface area (Å²) in [5.41, 5.74) is 1.02. The molecule has 1 heterocycles. The second kappa shape index (κ2) is 4.67. The first-order valence-electron chi connectivity index (χ1n) is 5.23. The van der Waals surface area contributed by atoms with Gasteiger partial charge in [-0.2, -0.15) is 5.26 Å². The minimum Gasteiger partial charge on any atom is -0.493 e. The molecule has 90 valence electrons. The van der Waals surface area contributed by atoms with Crippen molar-refractivity contribution < 1.29 is 9.90 Å². The first kappa shape index (κ1) is 11.8. The highest BCUT2D eigenvalue weighted by Crippen LogP contribution is 2.37. The highest BCUT2D eigenvalue weighted by Gasteiger charge is 2.13. The quantitative estimate of drug-likeness (QED) is 0.819. The molecule has 2 aromatic rings. The minimum absolute atomic E-state index is 0.0651. The van der Waals surface area contributed by atoms with Crippen LogP contribution in [0.1, 0.15) is 6.42 Å². The largest absolute Gasteiger partial charge is 0.493 e. The zero-order chi connectivity index (χ0) is 13.1. The number of para-hydroxylation sites is 1. The number of hydrogen-bond donors (Lipinski definition) is 1. The van der Waals surface area contributed by atoms with Crippen molar-refractivity contribution >= 4 is 22.5 Å². The van der Waals surface area contributed by atoms with Crippen LogP contribution in [0.25, 0.3) is 10.9 Å². The number of aryl methyl sites for hydroxylation is 1. The zero-order valence-corrected chi connectivity index (χ0v) is 9.66. The first-order valence-corrected chi connectivity index (χ1v) is 5.23. The fourth-order valence-electron chi connectivity index (χ4n) is 1.67. The Morgan fingerprint density at radius 3 is 2.94 bits per heavy atom. The van der Waals surface area contributed by atoms with Gasteiger partial charge >= 0.3 is 0 Å². The van der Waals surface area contributed by atoms with E-state index < -0.39 is 5.91 Å². The Balaban J connectivity index is 2.49. The molecule has 0 aliphatic carbocycles. The first-order chi connectivity index (χ1) is 8.65. The van der Waals surface area contributed by atoms with Crippen LogP contribution < -0.4 is 0 Å². The van der Waals surface area contributed by atoms with Crippen LogP contribution in [0.3, 0.4) is 0 Å². The molecule has 0 bridgehead atoms. The molecule has 0 spiro atoms. The molecule has 0 radical (unpaired) electrons. The van der Waals surface area contributed by atoms with Gasteiger partial charge in [0.25, 0.3) is 5.91 Å². The number of fused-ring (bicyclic) bond motifs is 1. The Hall–Kier alpha value is -2.68. The van der Waals surface area contributed by atoms with Gasteiger partial charge < -0.3 is 9.67 Å². The molecule has 6 heteroatoms. The maximum atomic E-state index is 11.1. The predicted octanol–water partition coefficient (Wildman–Crippen LogP) is 2.41. The maximum absolute atomic E-state index is 11.1. The Labute approximate surface area is 103 Å². The SMILES string of the molecule is Cn1c(O)c(N=NC(=O)CC#N)c2ccccc21. The molecule has 1 amide bonds. The van der Waals surface area contributed by atoms with Crippen LogP contribution in [-0.4, -0.2) is 15.6 Å². The van der Waals surface area contributed by atoms with E-state index in [0.29, 0.717) is 5.39 Å². The number of carbonyl (C=O) groups is 1. The molecule has 0 aliphatic rings. The number of aromatic nitrogens is 1. The number of aromatic hydroxyl groups is 1. The van der Waals surface area contributed by atoms with Crippen LogP contribution >= 0.6 is 0 Å². The van der Waals surface area contributed by atoms with E-state index in [1.165, 1.54) is 0 Å². The Bertz CT molecular complexity index is 679. The van der Waals surface area contributed by atoms with Crippen molar-refractivity contribution in [3.63, 3.8) is 0 Å². The predicted molar refractivity (Wildman–Crippen MR) is 64.3 cm³/mol. The van der Waals surface area contributed by atoms with E-state index in [-0.39, 0.29) is 18.0 Å². The summed E-state index contributed by atoms with van der Waals surface area (Å²) in [4.78, 5) is 11.1. The van der Waals surface area contributed by atoms with E-state index in [4.69, 9.17) is 5.26 Å². The van der Waals surface area contributed by atoms with Crippen LogP contribution in [0.4, 0.5) is 5.69 Å². The lowest BCUT2D eigenvalue weighted by Crippen LogP contribution is -1.87. The minimum atomic E-state index is -0.634. The van der Waals surface area contributed by atoms with Crippen LogP contribution in [0, 0.1) is 11.3 Å². The molecular weight excluding hydrogens is 232 g/mol. The second-order valence-electron chi connectivity index (χ2n) is 3.68. The van der Waals surface area contributed by atoms with Crippen LogP contribution in [-0.2, 0) is 11.8 Å². The summed E-state index contributed by atoms with van der Waals surface area (Å²) in [6, 6.07) is 8.93. The molecular formula is C12H10N4O2. The molecule has 0 atom stereocenters. The normalized spacial score (nSPS) is 10.9. The summed E-state index contributed by atoms with van der Waals surface area (Å²) in [6.07, 6.45) is -0.324. The van der Waals surface area contributed by atoms with Gasteiger partial charge in [0.2, 0.25) is 5.88 Å². The van der Waals surface area contributed by atoms with Gasteiger partial charge in [0.05, 0.1) is 11.6 Å². The standard InChI is InChI=1S/C12H10N4O2/c1-16-9-5-3-2-4-8(9)11(12(16)18)15-14-10(17)6-7-13/h2-5,18H,6H2,1H3. The molecule has 0 fully saturated rings. The molecule has 0 unspecified atom stereocenters. The number of nitriles is 1. The number of rotatable bonds is 2. The summed E-state index contributed by atoms with van der Waals surface area (Å²) in [6.45, 7) is 0. The Kier molecular flexibility index (Phi) is 3.06. The van der Waals surface area contributed by atoms with Crippen molar-refractivity contribution in [3.8, 4) is 11.9 Å². The molecule has 1 N–H and O–H groups in total. The van der Waals surface area contributed by atoms with Gasteiger partial charge in [-0.1, -0.05) is 18.2 Å². The van der Waals surface area contributed by atoms with E-state index in [0.717, 1.165) is 5.52 Å². The summed E-state index contributed by atoms with van der Waals surface area (Å²) >= 11 is 0. The summed E-state index contributed by atoms with van der Waals surface area (Å²) < 4.78 is 1.55. The topological polar surface area (TPSA) is 90.7 Å². The van der Waals surface area contributed by atoms with Crippen molar-refractivity contribution in [2.75, 3.05) is 0 Å². The van der Waals surface area contributed by atoms with Gasteiger partial charge in [0, 0.05) is 12.4 Å². The van der Waals surface area contributed by atoms with Gasteiger partial charge in [-0.3, -0.25) is 4.79 Å². The van der Waals surface area contributed by atoms with Crippen molar-refractivity contribution in [2.24, 2.45) is 17.3 Å². The Morgan fingerprint density at radius 1 is 1.50 bits per heavy atom. The third kappa shape index (κ3) is 1.94. The summed E-state index contributed by atoms with van der Waals surface area (Å²) in [5.74, 6) is -0.699. The van der Waals surface area contributed by atoms with E-state index in [1.54, 1.807) is 29.8 Å². The fourth-order valence-corrected chi connectivity index (χ4v) is 1.67. The third-order valence-corrected chi connectivity index (χ3v) is 2.54. The molecule has 6 nitrogen and oxygen atoms in total. The fraction of sp³-hybridized carbons (Fsp3) is 0.167. The highest BCUT2D eigenvalue weighted by atomic mass is 16.3. The molecule has 0 saturated heterocycles. The van der Waals surface area contributed by atoms with Gasteiger partial charge in [-0.15, -0.1) is 10.2 Å². The van der Waals surface area contributed by atoms with Gasteiger partial charge in [-0.25, -0.2) is 0 Å². The van der Waals surface area contributed by atoms with Gasteiger partial charge in [0.15, 0.2) is 5.69 Å². The van der Waals surface area contributed by atoms with Crippen LogP contribution in [0.15, 0.2) is 34.5 Å². The number of hydrogen-bond acceptors (Lipinski definition) is 4. The van der Waals surface area contributed by atoms with Crippen molar-refractivity contribution in [3.05, 3.63) is 24.3 Å². The highest BCUT2D eigenvalue weighted by molar-refractivity contribution is 5.95.